The van der Waals surface area contributed by atoms with E-state index in [1.807, 2.05) is 0 Å². The number of esters is 1. The number of carboxylic acids is 1. The molecule has 0 radical (unpaired) electrons. The summed E-state index contributed by atoms with van der Waals surface area (Å²) >= 11 is 0. The molecule has 2 aromatic rings. The molecule has 154 valence electrons. The van der Waals surface area contributed by atoms with E-state index in [9.17, 15) is 24.6 Å². The summed E-state index contributed by atoms with van der Waals surface area (Å²) in [6.45, 7) is 0.412. The fourth-order valence-electron chi connectivity index (χ4n) is 3.16. The monoisotopic (exact) mass is 403 g/mol. The number of nitrogens with zero attached hydrogens (tertiary/aromatic N) is 2. The minimum atomic E-state index is -1.39. The Bertz CT molecular complexity index is 922. The number of nitrogens with two attached hydrogens (primary N) is 1. The first-order valence-corrected chi connectivity index (χ1v) is 8.80. The second-order valence-electron chi connectivity index (χ2n) is 6.46. The molecule has 2 heterocycles. The summed E-state index contributed by atoms with van der Waals surface area (Å²) in [6, 6.07) is 8.28. The van der Waals surface area contributed by atoms with Crippen LogP contribution in [0.4, 0.5) is 10.5 Å². The molecule has 3 rings (SSSR count). The number of anilines is 1. The van der Waals surface area contributed by atoms with Crippen LogP contribution in [0.15, 0.2) is 36.5 Å². The number of carbonyl (C=O) groups is 3. The molecule has 10 heteroatoms. The highest BCUT2D eigenvalue weighted by Gasteiger charge is 2.38. The number of carbonyl (C=O) groups excluding carboxylic acids is 2. The number of amides is 1. The summed E-state index contributed by atoms with van der Waals surface area (Å²) in [6.07, 6.45) is -2.02. The van der Waals surface area contributed by atoms with E-state index >= 15 is 0 Å². The van der Waals surface area contributed by atoms with Gasteiger partial charge in [-0.3, -0.25) is 9.69 Å². The van der Waals surface area contributed by atoms with Crippen LogP contribution in [0.5, 0.6) is 0 Å². The molecule has 1 saturated heterocycles. The number of benzene rings is 1. The SMILES string of the molecule is COC(=O)Cc1c(C(=O)O)ccn1C(O)C1CN(c2ccc(CN)cc2)C(=O)O1. The minimum absolute atomic E-state index is 0.0419. The molecule has 1 aliphatic rings. The van der Waals surface area contributed by atoms with Gasteiger partial charge in [-0.05, 0) is 23.8 Å². The fraction of sp³-hybridized carbons (Fsp3) is 0.316. The molecule has 0 aliphatic carbocycles. The van der Waals surface area contributed by atoms with Crippen LogP contribution < -0.4 is 10.6 Å². The Morgan fingerprint density at radius 2 is 2.00 bits per heavy atom. The van der Waals surface area contributed by atoms with Crippen molar-refractivity contribution in [2.75, 3.05) is 18.6 Å². The highest BCUT2D eigenvalue weighted by atomic mass is 16.6. The van der Waals surface area contributed by atoms with Crippen LogP contribution in [-0.2, 0) is 27.2 Å². The summed E-state index contributed by atoms with van der Waals surface area (Å²) in [7, 11) is 1.18. The zero-order valence-corrected chi connectivity index (χ0v) is 15.6. The van der Waals surface area contributed by atoms with Gasteiger partial charge in [0.1, 0.15) is 0 Å². The molecule has 1 fully saturated rings. The van der Waals surface area contributed by atoms with Gasteiger partial charge in [0.05, 0.1) is 25.6 Å². The first-order valence-electron chi connectivity index (χ1n) is 8.80. The third-order valence-electron chi connectivity index (χ3n) is 4.73. The Morgan fingerprint density at radius 1 is 1.31 bits per heavy atom. The summed E-state index contributed by atoms with van der Waals surface area (Å²) < 4.78 is 11.1. The topological polar surface area (TPSA) is 144 Å². The summed E-state index contributed by atoms with van der Waals surface area (Å²) in [5.41, 5.74) is 6.96. The number of ether oxygens (including phenoxy) is 2. The van der Waals surface area contributed by atoms with Crippen LogP contribution in [0.3, 0.4) is 0 Å². The van der Waals surface area contributed by atoms with Crippen LogP contribution in [0, 0.1) is 0 Å². The molecule has 29 heavy (non-hydrogen) atoms. The molecule has 2 atom stereocenters. The third kappa shape index (κ3) is 4.08. The number of cyclic esters (lactones) is 1. The number of hydrogen-bond acceptors (Lipinski definition) is 7. The van der Waals surface area contributed by atoms with Crippen LogP contribution in [0.25, 0.3) is 0 Å². The van der Waals surface area contributed by atoms with Gasteiger partial charge in [0.15, 0.2) is 12.3 Å². The van der Waals surface area contributed by atoms with Gasteiger partial charge in [-0.2, -0.15) is 0 Å². The first kappa shape index (κ1) is 20.4. The zero-order valence-electron chi connectivity index (χ0n) is 15.6. The Hall–Kier alpha value is -3.37. The Kier molecular flexibility index (Phi) is 5.85. The summed E-state index contributed by atoms with van der Waals surface area (Å²) in [5.74, 6) is -1.91. The molecule has 4 N–H and O–H groups in total. The van der Waals surface area contributed by atoms with Crippen molar-refractivity contribution in [1.82, 2.24) is 4.57 Å². The zero-order chi connectivity index (χ0) is 21.1. The summed E-state index contributed by atoms with van der Waals surface area (Å²) in [4.78, 5) is 36.8. The molecule has 1 aromatic heterocycles. The largest absolute Gasteiger partial charge is 0.478 e. The molecular weight excluding hydrogens is 382 g/mol. The Labute approximate surface area is 166 Å². The third-order valence-corrected chi connectivity index (χ3v) is 4.73. The van der Waals surface area contributed by atoms with Gasteiger partial charge >= 0.3 is 18.0 Å². The lowest BCUT2D eigenvalue weighted by Gasteiger charge is -2.21. The van der Waals surface area contributed by atoms with E-state index in [0.29, 0.717) is 12.2 Å². The number of aromatic nitrogens is 1. The molecule has 1 amide bonds. The van der Waals surface area contributed by atoms with Gasteiger partial charge in [0, 0.05) is 24.1 Å². The van der Waals surface area contributed by atoms with Crippen LogP contribution >= 0.6 is 0 Å². The van der Waals surface area contributed by atoms with E-state index in [-0.39, 0.29) is 24.2 Å². The standard InChI is InChI=1S/C19H21N3O7/c1-28-16(23)8-14-13(18(25)26)6-7-21(14)17(24)15-10-22(19(27)29-15)12-4-2-11(9-20)3-5-12/h2-7,15,17,24H,8-10,20H2,1H3,(H,25,26). The molecular formula is C19H21N3O7. The van der Waals surface area contributed by atoms with Crippen molar-refractivity contribution in [3.05, 3.63) is 53.3 Å². The van der Waals surface area contributed by atoms with Crippen LogP contribution in [0.2, 0.25) is 0 Å². The quantitative estimate of drug-likeness (QED) is 0.578. The van der Waals surface area contributed by atoms with E-state index in [1.165, 1.54) is 28.8 Å². The van der Waals surface area contributed by atoms with E-state index in [2.05, 4.69) is 4.74 Å². The highest BCUT2D eigenvalue weighted by Crippen LogP contribution is 2.28. The minimum Gasteiger partial charge on any atom is -0.478 e. The van der Waals surface area contributed by atoms with Crippen molar-refractivity contribution in [3.63, 3.8) is 0 Å². The van der Waals surface area contributed by atoms with Gasteiger partial charge in [-0.15, -0.1) is 0 Å². The van der Waals surface area contributed by atoms with Crippen molar-refractivity contribution in [2.24, 2.45) is 5.73 Å². The maximum Gasteiger partial charge on any atom is 0.414 e. The number of aliphatic hydroxyl groups excluding tert-OH is 1. The van der Waals surface area contributed by atoms with Gasteiger partial charge < -0.3 is 30.0 Å². The van der Waals surface area contributed by atoms with Gasteiger partial charge in [-0.1, -0.05) is 12.1 Å². The number of carboxylic acid groups (broad SMARTS) is 1. The maximum atomic E-state index is 12.3. The lowest BCUT2D eigenvalue weighted by molar-refractivity contribution is -0.140. The predicted molar refractivity (Wildman–Crippen MR) is 100 cm³/mol. The lowest BCUT2D eigenvalue weighted by Crippen LogP contribution is -2.30. The van der Waals surface area contributed by atoms with E-state index in [1.54, 1.807) is 24.3 Å². The van der Waals surface area contributed by atoms with Crippen LogP contribution in [0.1, 0.15) is 27.8 Å². The predicted octanol–water partition coefficient (Wildman–Crippen LogP) is 0.877. The molecule has 0 bridgehead atoms. The molecule has 0 spiro atoms. The van der Waals surface area contributed by atoms with Crippen molar-refractivity contribution >= 4 is 23.7 Å². The number of aromatic carboxylic acids is 1. The van der Waals surface area contributed by atoms with Crippen molar-refractivity contribution < 1.29 is 34.1 Å². The van der Waals surface area contributed by atoms with E-state index in [4.69, 9.17) is 10.5 Å². The number of rotatable bonds is 7. The van der Waals surface area contributed by atoms with Crippen LogP contribution in [-0.4, -0.2) is 52.6 Å². The fourth-order valence-corrected chi connectivity index (χ4v) is 3.16. The first-order chi connectivity index (χ1) is 13.8. The molecule has 0 saturated carbocycles. The normalized spacial score (nSPS) is 17.1. The number of aliphatic hydroxyl groups is 1. The molecule has 10 nitrogen and oxygen atoms in total. The van der Waals surface area contributed by atoms with E-state index in [0.717, 1.165) is 5.56 Å². The van der Waals surface area contributed by atoms with Crippen molar-refractivity contribution in [3.8, 4) is 0 Å². The van der Waals surface area contributed by atoms with Crippen molar-refractivity contribution in [2.45, 2.75) is 25.3 Å². The van der Waals surface area contributed by atoms with Gasteiger partial charge in [-0.25, -0.2) is 9.59 Å². The molecule has 1 aromatic carbocycles. The smallest absolute Gasteiger partial charge is 0.414 e. The Balaban J connectivity index is 1.83. The number of methoxy groups -OCH3 is 1. The maximum absolute atomic E-state index is 12.3. The van der Waals surface area contributed by atoms with Gasteiger partial charge in [0.2, 0.25) is 0 Å². The number of hydrogen-bond donors (Lipinski definition) is 3. The highest BCUT2D eigenvalue weighted by molar-refractivity contribution is 5.91. The average Bonchev–Trinajstić information content (AvgIpc) is 3.31. The van der Waals surface area contributed by atoms with Gasteiger partial charge in [0.25, 0.3) is 0 Å². The molecule has 1 aliphatic heterocycles. The lowest BCUT2D eigenvalue weighted by atomic mass is 10.1. The average molecular weight is 403 g/mol. The summed E-state index contributed by atoms with van der Waals surface area (Å²) in [5, 5.41) is 20.1. The molecule has 2 unspecified atom stereocenters. The Morgan fingerprint density at radius 3 is 2.59 bits per heavy atom. The second-order valence-corrected chi connectivity index (χ2v) is 6.46. The van der Waals surface area contributed by atoms with Crippen molar-refractivity contribution in [1.29, 1.82) is 0 Å². The second kappa shape index (κ2) is 8.33. The van der Waals surface area contributed by atoms with E-state index < -0.39 is 30.4 Å².